The van der Waals surface area contributed by atoms with Crippen LogP contribution in [0.2, 0.25) is 0 Å². The van der Waals surface area contributed by atoms with Crippen molar-refractivity contribution in [3.05, 3.63) is 64.8 Å². The molecule has 0 unspecified atom stereocenters. The molecule has 1 N–H and O–H groups in total. The lowest BCUT2D eigenvalue weighted by atomic mass is 10.2. The molecule has 0 aliphatic carbocycles. The Morgan fingerprint density at radius 3 is 2.61 bits per heavy atom. The van der Waals surface area contributed by atoms with E-state index in [1.54, 1.807) is 6.20 Å². The van der Waals surface area contributed by atoms with Gasteiger partial charge in [-0.2, -0.15) is 0 Å². The van der Waals surface area contributed by atoms with Gasteiger partial charge in [-0.25, -0.2) is 4.98 Å². The highest BCUT2D eigenvalue weighted by atomic mass is 32.1. The Balaban J connectivity index is 1.71. The Hall–Kier alpha value is -2.53. The maximum absolute atomic E-state index is 12.2. The molecule has 1 aromatic carbocycles. The normalized spacial score (nSPS) is 10.5. The fourth-order valence-electron chi connectivity index (χ4n) is 2.18. The van der Waals surface area contributed by atoms with E-state index in [1.165, 1.54) is 16.9 Å². The van der Waals surface area contributed by atoms with Gasteiger partial charge >= 0.3 is 0 Å². The van der Waals surface area contributed by atoms with E-state index in [0.29, 0.717) is 6.42 Å². The molecular formula is C18H17N3OS. The van der Waals surface area contributed by atoms with Crippen molar-refractivity contribution in [2.75, 3.05) is 5.32 Å². The van der Waals surface area contributed by atoms with Crippen LogP contribution in [0.1, 0.15) is 16.1 Å². The van der Waals surface area contributed by atoms with Gasteiger partial charge in [0.25, 0.3) is 0 Å². The highest BCUT2D eigenvalue weighted by molar-refractivity contribution is 7.15. The van der Waals surface area contributed by atoms with Crippen LogP contribution in [0.25, 0.3) is 10.7 Å². The maximum atomic E-state index is 12.2. The zero-order valence-corrected chi connectivity index (χ0v) is 13.9. The minimum atomic E-state index is -0.0341. The lowest BCUT2D eigenvalue weighted by Crippen LogP contribution is -2.14. The summed E-state index contributed by atoms with van der Waals surface area (Å²) in [5.74, 6) is -0.0341. The standard InChI is InChI=1S/C18H17N3OS/c1-12-6-8-14(9-7-12)21-17(22)11-16-13(2)20-18(23-16)15-5-3-4-10-19-15/h3-10H,11H2,1-2H3,(H,21,22). The van der Waals surface area contributed by atoms with Gasteiger partial charge in [-0.05, 0) is 38.1 Å². The molecule has 2 heterocycles. The number of nitrogens with one attached hydrogen (secondary N) is 1. The molecule has 116 valence electrons. The number of benzene rings is 1. The SMILES string of the molecule is Cc1ccc(NC(=O)Cc2sc(-c3ccccn3)nc2C)cc1. The van der Waals surface area contributed by atoms with Crippen LogP contribution in [-0.2, 0) is 11.2 Å². The molecule has 3 aromatic rings. The number of rotatable bonds is 4. The number of amides is 1. The van der Waals surface area contributed by atoms with Gasteiger partial charge in [0.1, 0.15) is 5.01 Å². The third-order valence-corrected chi connectivity index (χ3v) is 4.61. The Kier molecular flexibility index (Phi) is 4.48. The number of carbonyl (C=O) groups is 1. The highest BCUT2D eigenvalue weighted by Gasteiger charge is 2.13. The Morgan fingerprint density at radius 1 is 1.13 bits per heavy atom. The quantitative estimate of drug-likeness (QED) is 0.789. The second-order valence-electron chi connectivity index (χ2n) is 5.33. The van der Waals surface area contributed by atoms with E-state index in [-0.39, 0.29) is 5.91 Å². The van der Waals surface area contributed by atoms with Crippen molar-refractivity contribution in [2.24, 2.45) is 0 Å². The number of hydrogen-bond donors (Lipinski definition) is 1. The second kappa shape index (κ2) is 6.71. The van der Waals surface area contributed by atoms with Crippen LogP contribution >= 0.6 is 11.3 Å². The molecular weight excluding hydrogens is 306 g/mol. The van der Waals surface area contributed by atoms with Crippen LogP contribution in [-0.4, -0.2) is 15.9 Å². The monoisotopic (exact) mass is 323 g/mol. The van der Waals surface area contributed by atoms with Gasteiger partial charge in [-0.1, -0.05) is 23.8 Å². The summed E-state index contributed by atoms with van der Waals surface area (Å²) in [5.41, 5.74) is 3.70. The smallest absolute Gasteiger partial charge is 0.229 e. The number of thiazole rings is 1. The van der Waals surface area contributed by atoms with Gasteiger partial charge in [-0.3, -0.25) is 9.78 Å². The van der Waals surface area contributed by atoms with Crippen molar-refractivity contribution in [1.82, 2.24) is 9.97 Å². The number of nitrogens with zero attached hydrogens (tertiary/aromatic N) is 2. The molecule has 4 nitrogen and oxygen atoms in total. The second-order valence-corrected chi connectivity index (χ2v) is 6.42. The first-order valence-electron chi connectivity index (χ1n) is 7.36. The minimum Gasteiger partial charge on any atom is -0.326 e. The van der Waals surface area contributed by atoms with Crippen LogP contribution in [0.5, 0.6) is 0 Å². The Labute approximate surface area is 139 Å². The predicted molar refractivity (Wildman–Crippen MR) is 93.6 cm³/mol. The van der Waals surface area contributed by atoms with Crippen molar-refractivity contribution in [3.63, 3.8) is 0 Å². The van der Waals surface area contributed by atoms with Crippen LogP contribution in [0.3, 0.4) is 0 Å². The number of hydrogen-bond acceptors (Lipinski definition) is 4. The highest BCUT2D eigenvalue weighted by Crippen LogP contribution is 2.26. The molecule has 0 aliphatic heterocycles. The minimum absolute atomic E-state index is 0.0341. The number of anilines is 1. The summed E-state index contributed by atoms with van der Waals surface area (Å²) in [5, 5.41) is 3.77. The van der Waals surface area contributed by atoms with Gasteiger partial charge in [0.15, 0.2) is 0 Å². The summed E-state index contributed by atoms with van der Waals surface area (Å²) in [7, 11) is 0. The first-order chi connectivity index (χ1) is 11.1. The van der Waals surface area contributed by atoms with E-state index in [9.17, 15) is 4.79 Å². The zero-order chi connectivity index (χ0) is 16.2. The maximum Gasteiger partial charge on any atom is 0.229 e. The van der Waals surface area contributed by atoms with Gasteiger partial charge in [-0.15, -0.1) is 11.3 Å². The summed E-state index contributed by atoms with van der Waals surface area (Å²) in [6.45, 7) is 3.95. The average Bonchev–Trinajstić information content (AvgIpc) is 2.91. The van der Waals surface area contributed by atoms with Crippen LogP contribution in [0.15, 0.2) is 48.7 Å². The molecule has 0 saturated carbocycles. The summed E-state index contributed by atoms with van der Waals surface area (Å²) >= 11 is 1.52. The number of carbonyl (C=O) groups excluding carboxylic acids is 1. The topological polar surface area (TPSA) is 54.9 Å². The Bertz CT molecular complexity index is 810. The molecule has 0 atom stereocenters. The molecule has 5 heteroatoms. The molecule has 1 amide bonds. The summed E-state index contributed by atoms with van der Waals surface area (Å²) in [6, 6.07) is 13.5. The van der Waals surface area contributed by atoms with Crippen LogP contribution < -0.4 is 5.32 Å². The van der Waals surface area contributed by atoms with Crippen LogP contribution in [0.4, 0.5) is 5.69 Å². The summed E-state index contributed by atoms with van der Waals surface area (Å²) < 4.78 is 0. The molecule has 0 bridgehead atoms. The predicted octanol–water partition coefficient (Wildman–Crippen LogP) is 4.00. The van der Waals surface area contributed by atoms with E-state index in [1.807, 2.05) is 56.3 Å². The lowest BCUT2D eigenvalue weighted by Gasteiger charge is -2.04. The zero-order valence-electron chi connectivity index (χ0n) is 13.0. The fraction of sp³-hybridized carbons (Fsp3) is 0.167. The van der Waals surface area contributed by atoms with Crippen molar-refractivity contribution in [1.29, 1.82) is 0 Å². The van der Waals surface area contributed by atoms with E-state index in [2.05, 4.69) is 15.3 Å². The number of aromatic nitrogens is 2. The van der Waals surface area contributed by atoms with Crippen molar-refractivity contribution in [3.8, 4) is 10.7 Å². The van der Waals surface area contributed by atoms with E-state index < -0.39 is 0 Å². The van der Waals surface area contributed by atoms with Crippen LogP contribution in [0, 0.1) is 13.8 Å². The van der Waals surface area contributed by atoms with Gasteiger partial charge in [0, 0.05) is 16.8 Å². The molecule has 0 fully saturated rings. The number of aryl methyl sites for hydroxylation is 2. The molecule has 0 spiro atoms. The molecule has 2 aromatic heterocycles. The van der Waals surface area contributed by atoms with E-state index >= 15 is 0 Å². The van der Waals surface area contributed by atoms with Crippen molar-refractivity contribution in [2.45, 2.75) is 20.3 Å². The lowest BCUT2D eigenvalue weighted by molar-refractivity contribution is -0.115. The molecule has 0 radical (unpaired) electrons. The third-order valence-electron chi connectivity index (χ3n) is 3.43. The van der Waals surface area contributed by atoms with E-state index in [0.717, 1.165) is 27.0 Å². The summed E-state index contributed by atoms with van der Waals surface area (Å²) in [6.07, 6.45) is 2.07. The summed E-state index contributed by atoms with van der Waals surface area (Å²) in [4.78, 5) is 22.0. The van der Waals surface area contributed by atoms with E-state index in [4.69, 9.17) is 0 Å². The molecule has 0 aliphatic rings. The van der Waals surface area contributed by atoms with Gasteiger partial charge in [0.2, 0.25) is 5.91 Å². The van der Waals surface area contributed by atoms with Gasteiger partial charge < -0.3 is 5.32 Å². The average molecular weight is 323 g/mol. The number of pyridine rings is 1. The molecule has 0 saturated heterocycles. The fourth-order valence-corrected chi connectivity index (χ4v) is 3.22. The molecule has 3 rings (SSSR count). The van der Waals surface area contributed by atoms with Crippen molar-refractivity contribution >= 4 is 22.9 Å². The first kappa shape index (κ1) is 15.4. The third kappa shape index (κ3) is 3.81. The molecule has 23 heavy (non-hydrogen) atoms. The largest absolute Gasteiger partial charge is 0.326 e. The van der Waals surface area contributed by atoms with Gasteiger partial charge in [0.05, 0.1) is 17.8 Å². The van der Waals surface area contributed by atoms with Crippen molar-refractivity contribution < 1.29 is 4.79 Å². The Morgan fingerprint density at radius 2 is 1.91 bits per heavy atom. The first-order valence-corrected chi connectivity index (χ1v) is 8.18.